The van der Waals surface area contributed by atoms with Gasteiger partial charge in [0.15, 0.2) is 0 Å². The van der Waals surface area contributed by atoms with E-state index in [1.807, 2.05) is 36.2 Å². The van der Waals surface area contributed by atoms with Gasteiger partial charge >= 0.3 is 0 Å². The Morgan fingerprint density at radius 2 is 1.93 bits per heavy atom. The van der Waals surface area contributed by atoms with Crippen LogP contribution in [0.5, 0.6) is 5.75 Å². The van der Waals surface area contributed by atoms with Crippen LogP contribution in [0, 0.1) is 0 Å². The van der Waals surface area contributed by atoms with E-state index in [0.29, 0.717) is 13.0 Å². The Hall–Kier alpha value is -2.59. The van der Waals surface area contributed by atoms with Crippen molar-refractivity contribution in [2.75, 3.05) is 13.1 Å². The molecule has 4 nitrogen and oxygen atoms in total. The van der Waals surface area contributed by atoms with Crippen molar-refractivity contribution >= 4 is 29.2 Å². The zero-order valence-electron chi connectivity index (χ0n) is 15.3. The van der Waals surface area contributed by atoms with Gasteiger partial charge in [0.25, 0.3) is 0 Å². The van der Waals surface area contributed by atoms with Crippen LogP contribution >= 0.6 is 12.4 Å². The lowest BCUT2D eigenvalue weighted by Crippen LogP contribution is -2.30. The molecule has 0 spiro atoms. The number of amides is 1. The Morgan fingerprint density at radius 3 is 2.70 bits per heavy atom. The van der Waals surface area contributed by atoms with Gasteiger partial charge in [0.05, 0.1) is 12.1 Å². The lowest BCUT2D eigenvalue weighted by Gasteiger charge is -2.16. The average Bonchev–Trinajstić information content (AvgIpc) is 3.16. The SMILES string of the molecule is CCC(=O)N1CC[C@H](Oc2ccc(-c3ccc4cccnc4c3)cc2)C1.Cl. The summed E-state index contributed by atoms with van der Waals surface area (Å²) in [6.07, 6.45) is 3.35. The first-order valence-electron chi connectivity index (χ1n) is 9.12. The summed E-state index contributed by atoms with van der Waals surface area (Å²) in [6, 6.07) is 18.5. The minimum absolute atomic E-state index is 0. The number of ether oxygens (including phenoxy) is 1. The topological polar surface area (TPSA) is 42.4 Å². The first kappa shape index (κ1) is 19.2. The molecule has 2 heterocycles. The van der Waals surface area contributed by atoms with Gasteiger partial charge in [0.2, 0.25) is 5.91 Å². The van der Waals surface area contributed by atoms with Gasteiger partial charge in [0.1, 0.15) is 11.9 Å². The maximum atomic E-state index is 11.8. The third kappa shape index (κ3) is 4.22. The fraction of sp³-hybridized carbons (Fsp3) is 0.273. The Morgan fingerprint density at radius 1 is 1.15 bits per heavy atom. The molecule has 0 aliphatic carbocycles. The molecule has 1 amide bonds. The normalized spacial score (nSPS) is 16.2. The molecule has 0 saturated carbocycles. The number of aromatic nitrogens is 1. The molecule has 1 aliphatic heterocycles. The highest BCUT2D eigenvalue weighted by Gasteiger charge is 2.26. The molecule has 0 N–H and O–H groups in total. The molecule has 5 heteroatoms. The van der Waals surface area contributed by atoms with Crippen LogP contribution in [0.15, 0.2) is 60.8 Å². The number of carbonyl (C=O) groups excluding carboxylic acids is 1. The van der Waals surface area contributed by atoms with E-state index >= 15 is 0 Å². The van der Waals surface area contributed by atoms with Crippen LogP contribution in [0.3, 0.4) is 0 Å². The van der Waals surface area contributed by atoms with Crippen LogP contribution in [0.2, 0.25) is 0 Å². The molecule has 1 aliphatic rings. The molecule has 27 heavy (non-hydrogen) atoms. The van der Waals surface area contributed by atoms with E-state index in [0.717, 1.165) is 40.7 Å². The number of fused-ring (bicyclic) bond motifs is 1. The standard InChI is InChI=1S/C22H22N2O2.ClH/c1-2-22(25)24-13-11-20(15-24)26-19-9-7-16(8-10-19)18-6-5-17-4-3-12-23-21(17)14-18;/h3-10,12,14,20H,2,11,13,15H2,1H3;1H/t20-;/m0./s1. The summed E-state index contributed by atoms with van der Waals surface area (Å²) in [5.41, 5.74) is 3.28. The number of pyridine rings is 1. The minimum atomic E-state index is 0. The Balaban J connectivity index is 0.00000210. The van der Waals surface area contributed by atoms with Crippen molar-refractivity contribution in [2.45, 2.75) is 25.9 Å². The maximum absolute atomic E-state index is 11.8. The zero-order chi connectivity index (χ0) is 17.9. The summed E-state index contributed by atoms with van der Waals surface area (Å²) in [6.45, 7) is 3.38. The van der Waals surface area contributed by atoms with Crippen molar-refractivity contribution in [2.24, 2.45) is 0 Å². The van der Waals surface area contributed by atoms with Gasteiger partial charge in [-0.25, -0.2) is 0 Å². The predicted molar refractivity (Wildman–Crippen MR) is 110 cm³/mol. The molecular formula is C22H23ClN2O2. The monoisotopic (exact) mass is 382 g/mol. The van der Waals surface area contributed by atoms with Crippen molar-refractivity contribution in [3.05, 3.63) is 60.8 Å². The highest BCUT2D eigenvalue weighted by Crippen LogP contribution is 2.26. The fourth-order valence-corrected chi connectivity index (χ4v) is 3.44. The second-order valence-corrected chi connectivity index (χ2v) is 6.66. The average molecular weight is 383 g/mol. The van der Waals surface area contributed by atoms with Gasteiger partial charge in [0, 0.05) is 31.0 Å². The van der Waals surface area contributed by atoms with Gasteiger partial charge in [-0.3, -0.25) is 9.78 Å². The maximum Gasteiger partial charge on any atom is 0.222 e. The molecule has 2 aromatic carbocycles. The summed E-state index contributed by atoms with van der Waals surface area (Å²) in [4.78, 5) is 18.1. The van der Waals surface area contributed by atoms with E-state index in [-0.39, 0.29) is 24.4 Å². The second-order valence-electron chi connectivity index (χ2n) is 6.66. The molecule has 1 saturated heterocycles. The van der Waals surface area contributed by atoms with E-state index in [1.54, 1.807) is 0 Å². The number of rotatable bonds is 4. The fourth-order valence-electron chi connectivity index (χ4n) is 3.44. The zero-order valence-corrected chi connectivity index (χ0v) is 16.1. The number of hydrogen-bond donors (Lipinski definition) is 0. The number of nitrogens with zero attached hydrogens (tertiary/aromatic N) is 2. The van der Waals surface area contributed by atoms with E-state index in [2.05, 4.69) is 41.4 Å². The highest BCUT2D eigenvalue weighted by atomic mass is 35.5. The quantitative estimate of drug-likeness (QED) is 0.656. The summed E-state index contributed by atoms with van der Waals surface area (Å²) >= 11 is 0. The van der Waals surface area contributed by atoms with Crippen molar-refractivity contribution in [3.63, 3.8) is 0 Å². The third-order valence-corrected chi connectivity index (χ3v) is 4.90. The third-order valence-electron chi connectivity index (χ3n) is 4.90. The summed E-state index contributed by atoms with van der Waals surface area (Å²) in [5, 5.41) is 1.14. The predicted octanol–water partition coefficient (Wildman–Crippen LogP) is 4.71. The molecular weight excluding hydrogens is 360 g/mol. The van der Waals surface area contributed by atoms with Crippen LogP contribution in [0.1, 0.15) is 19.8 Å². The van der Waals surface area contributed by atoms with E-state index < -0.39 is 0 Å². The first-order chi connectivity index (χ1) is 12.7. The molecule has 3 aromatic rings. The van der Waals surface area contributed by atoms with E-state index in [4.69, 9.17) is 4.74 Å². The Bertz CT molecular complexity index is 927. The second kappa shape index (κ2) is 8.40. The highest BCUT2D eigenvalue weighted by molar-refractivity contribution is 5.85. The molecule has 0 unspecified atom stereocenters. The molecule has 1 atom stereocenters. The molecule has 0 bridgehead atoms. The van der Waals surface area contributed by atoms with E-state index in [1.165, 1.54) is 0 Å². The van der Waals surface area contributed by atoms with Crippen LogP contribution in [-0.2, 0) is 4.79 Å². The number of benzene rings is 2. The Labute approximate surface area is 165 Å². The van der Waals surface area contributed by atoms with Gasteiger partial charge in [-0.2, -0.15) is 0 Å². The number of likely N-dealkylation sites (tertiary alicyclic amines) is 1. The number of halogens is 1. The van der Waals surface area contributed by atoms with Gasteiger partial charge in [-0.15, -0.1) is 12.4 Å². The Kier molecular flexibility index (Phi) is 5.97. The summed E-state index contributed by atoms with van der Waals surface area (Å²) < 4.78 is 6.06. The molecule has 140 valence electrons. The van der Waals surface area contributed by atoms with Gasteiger partial charge in [-0.1, -0.05) is 37.3 Å². The van der Waals surface area contributed by atoms with Crippen molar-refractivity contribution in [1.29, 1.82) is 0 Å². The van der Waals surface area contributed by atoms with Crippen LogP contribution in [0.4, 0.5) is 0 Å². The molecule has 1 aromatic heterocycles. The molecule has 0 radical (unpaired) electrons. The summed E-state index contributed by atoms with van der Waals surface area (Å²) in [7, 11) is 0. The van der Waals surface area contributed by atoms with Crippen molar-refractivity contribution < 1.29 is 9.53 Å². The first-order valence-corrected chi connectivity index (χ1v) is 9.12. The lowest BCUT2D eigenvalue weighted by atomic mass is 10.0. The smallest absolute Gasteiger partial charge is 0.222 e. The van der Waals surface area contributed by atoms with Gasteiger partial charge < -0.3 is 9.64 Å². The van der Waals surface area contributed by atoms with Crippen LogP contribution in [0.25, 0.3) is 22.0 Å². The molecule has 1 fully saturated rings. The van der Waals surface area contributed by atoms with Crippen LogP contribution in [-0.4, -0.2) is 35.0 Å². The van der Waals surface area contributed by atoms with Crippen LogP contribution < -0.4 is 4.74 Å². The van der Waals surface area contributed by atoms with E-state index in [9.17, 15) is 4.79 Å². The largest absolute Gasteiger partial charge is 0.489 e. The van der Waals surface area contributed by atoms with Gasteiger partial charge in [-0.05, 0) is 35.4 Å². The van der Waals surface area contributed by atoms with Crippen molar-refractivity contribution in [1.82, 2.24) is 9.88 Å². The lowest BCUT2D eigenvalue weighted by molar-refractivity contribution is -0.130. The summed E-state index contributed by atoms with van der Waals surface area (Å²) in [5.74, 6) is 1.06. The number of carbonyl (C=O) groups is 1. The molecule has 4 rings (SSSR count). The van der Waals surface area contributed by atoms with Crippen molar-refractivity contribution in [3.8, 4) is 16.9 Å². The number of hydrogen-bond acceptors (Lipinski definition) is 3. The minimum Gasteiger partial charge on any atom is -0.489 e.